The molecule has 0 saturated carbocycles. The highest BCUT2D eigenvalue weighted by atomic mass is 19.1. The standard InChI is InChI=1S/C12H13FN2O2/c1-15(8-4-7-14)12(16)11-9(13)5-3-6-10(11)17-2/h3,5-6H,4,8H2,1-2H3. The molecule has 17 heavy (non-hydrogen) atoms. The van der Waals surface area contributed by atoms with Crippen LogP contribution in [0.1, 0.15) is 16.8 Å². The topological polar surface area (TPSA) is 53.3 Å². The van der Waals surface area contributed by atoms with E-state index in [0.29, 0.717) is 0 Å². The molecule has 4 nitrogen and oxygen atoms in total. The molecule has 0 saturated heterocycles. The van der Waals surface area contributed by atoms with Gasteiger partial charge in [-0.1, -0.05) is 6.07 Å². The summed E-state index contributed by atoms with van der Waals surface area (Å²) in [6, 6.07) is 6.13. The van der Waals surface area contributed by atoms with Crippen molar-refractivity contribution in [2.24, 2.45) is 0 Å². The predicted molar refractivity (Wildman–Crippen MR) is 60.1 cm³/mol. The summed E-state index contributed by atoms with van der Waals surface area (Å²) in [5, 5.41) is 8.44. The van der Waals surface area contributed by atoms with E-state index in [1.54, 1.807) is 0 Å². The zero-order chi connectivity index (χ0) is 12.8. The van der Waals surface area contributed by atoms with Crippen molar-refractivity contribution in [3.63, 3.8) is 0 Å². The van der Waals surface area contributed by atoms with Gasteiger partial charge in [-0.25, -0.2) is 4.39 Å². The maximum atomic E-state index is 13.6. The molecular formula is C12H13FN2O2. The van der Waals surface area contributed by atoms with Crippen LogP contribution in [-0.2, 0) is 0 Å². The zero-order valence-electron chi connectivity index (χ0n) is 9.74. The lowest BCUT2D eigenvalue weighted by Crippen LogP contribution is -2.28. The first-order chi connectivity index (χ1) is 8.11. The summed E-state index contributed by atoms with van der Waals surface area (Å²) in [7, 11) is 2.90. The molecule has 90 valence electrons. The average Bonchev–Trinajstić information content (AvgIpc) is 2.34. The van der Waals surface area contributed by atoms with Gasteiger partial charge in [0.05, 0.1) is 19.6 Å². The van der Waals surface area contributed by atoms with E-state index in [2.05, 4.69) is 0 Å². The van der Waals surface area contributed by atoms with Crippen molar-refractivity contribution >= 4 is 5.91 Å². The fraction of sp³-hybridized carbons (Fsp3) is 0.333. The average molecular weight is 236 g/mol. The number of benzene rings is 1. The highest BCUT2D eigenvalue weighted by molar-refractivity contribution is 5.97. The van der Waals surface area contributed by atoms with Crippen LogP contribution in [-0.4, -0.2) is 31.5 Å². The molecule has 1 aromatic rings. The van der Waals surface area contributed by atoms with Crippen molar-refractivity contribution in [2.75, 3.05) is 20.7 Å². The van der Waals surface area contributed by atoms with Gasteiger partial charge in [0.15, 0.2) is 0 Å². The first-order valence-electron chi connectivity index (χ1n) is 5.06. The minimum absolute atomic E-state index is 0.101. The Hall–Kier alpha value is -2.09. The summed E-state index contributed by atoms with van der Waals surface area (Å²) in [5.74, 6) is -0.924. The number of methoxy groups -OCH3 is 1. The van der Waals surface area contributed by atoms with Crippen molar-refractivity contribution in [2.45, 2.75) is 6.42 Å². The molecule has 0 aliphatic rings. The molecule has 0 N–H and O–H groups in total. The summed E-state index contributed by atoms with van der Waals surface area (Å²) in [4.78, 5) is 13.2. The van der Waals surface area contributed by atoms with Crippen LogP contribution >= 0.6 is 0 Å². The van der Waals surface area contributed by atoms with Gasteiger partial charge < -0.3 is 9.64 Å². The molecule has 1 aromatic carbocycles. The molecule has 0 bridgehead atoms. The molecular weight excluding hydrogens is 223 g/mol. The molecule has 0 fully saturated rings. The third kappa shape index (κ3) is 2.94. The Morgan fingerprint density at radius 3 is 2.88 bits per heavy atom. The number of nitriles is 1. The maximum absolute atomic E-state index is 13.6. The van der Waals surface area contributed by atoms with Crippen molar-refractivity contribution in [3.8, 4) is 11.8 Å². The van der Waals surface area contributed by atoms with E-state index in [0.717, 1.165) is 0 Å². The van der Waals surface area contributed by atoms with Gasteiger partial charge in [-0.2, -0.15) is 5.26 Å². The van der Waals surface area contributed by atoms with E-state index in [1.165, 1.54) is 37.3 Å². The quantitative estimate of drug-likeness (QED) is 0.801. The lowest BCUT2D eigenvalue weighted by atomic mass is 10.1. The van der Waals surface area contributed by atoms with Crippen molar-refractivity contribution in [3.05, 3.63) is 29.6 Å². The molecule has 0 aromatic heterocycles. The summed E-state index contributed by atoms with van der Waals surface area (Å²) >= 11 is 0. The fourth-order valence-corrected chi connectivity index (χ4v) is 1.39. The Labute approximate surface area is 99.2 Å². The van der Waals surface area contributed by atoms with Gasteiger partial charge in [-0.15, -0.1) is 0 Å². The fourth-order valence-electron chi connectivity index (χ4n) is 1.39. The first-order valence-corrected chi connectivity index (χ1v) is 5.06. The monoisotopic (exact) mass is 236 g/mol. The van der Waals surface area contributed by atoms with Gasteiger partial charge in [0.1, 0.15) is 17.1 Å². The Kier molecular flexibility index (Phi) is 4.46. The lowest BCUT2D eigenvalue weighted by molar-refractivity contribution is 0.0789. The summed E-state index contributed by atoms with van der Waals surface area (Å²) in [6.45, 7) is 0.257. The van der Waals surface area contributed by atoms with E-state index in [9.17, 15) is 9.18 Å². The second-order valence-corrected chi connectivity index (χ2v) is 3.45. The first kappa shape index (κ1) is 13.0. The van der Waals surface area contributed by atoms with E-state index in [4.69, 9.17) is 10.00 Å². The minimum Gasteiger partial charge on any atom is -0.496 e. The minimum atomic E-state index is -0.627. The number of hydrogen-bond donors (Lipinski definition) is 0. The Morgan fingerprint density at radius 1 is 1.59 bits per heavy atom. The molecule has 0 aliphatic heterocycles. The molecule has 1 rings (SSSR count). The molecule has 1 amide bonds. The number of amides is 1. The maximum Gasteiger partial charge on any atom is 0.260 e. The second kappa shape index (κ2) is 5.85. The van der Waals surface area contributed by atoms with Crippen LogP contribution in [0.15, 0.2) is 18.2 Å². The smallest absolute Gasteiger partial charge is 0.260 e. The highest BCUT2D eigenvalue weighted by Crippen LogP contribution is 2.22. The van der Waals surface area contributed by atoms with Crippen LogP contribution in [0.2, 0.25) is 0 Å². The molecule has 0 spiro atoms. The molecule has 0 radical (unpaired) electrons. The van der Waals surface area contributed by atoms with Gasteiger partial charge in [0.25, 0.3) is 5.91 Å². The normalized spacial score (nSPS) is 9.53. The van der Waals surface area contributed by atoms with Crippen LogP contribution in [0.4, 0.5) is 4.39 Å². The lowest BCUT2D eigenvalue weighted by Gasteiger charge is -2.17. The molecule has 0 aliphatic carbocycles. The van der Waals surface area contributed by atoms with Gasteiger partial charge >= 0.3 is 0 Å². The molecule has 0 unspecified atom stereocenters. The number of carbonyl (C=O) groups is 1. The Balaban J connectivity index is 2.99. The second-order valence-electron chi connectivity index (χ2n) is 3.45. The molecule has 0 atom stereocenters. The number of nitrogens with zero attached hydrogens (tertiary/aromatic N) is 2. The van der Waals surface area contributed by atoms with Gasteiger partial charge in [-0.05, 0) is 12.1 Å². The predicted octanol–water partition coefficient (Wildman–Crippen LogP) is 1.82. The third-order valence-corrected chi connectivity index (χ3v) is 2.31. The third-order valence-electron chi connectivity index (χ3n) is 2.31. The van der Waals surface area contributed by atoms with Crippen molar-refractivity contribution in [1.29, 1.82) is 5.26 Å². The van der Waals surface area contributed by atoms with Gasteiger partial charge in [0.2, 0.25) is 0 Å². The van der Waals surface area contributed by atoms with Crippen LogP contribution in [0.3, 0.4) is 0 Å². The highest BCUT2D eigenvalue weighted by Gasteiger charge is 2.20. The van der Waals surface area contributed by atoms with Gasteiger partial charge in [-0.3, -0.25) is 4.79 Å². The number of ether oxygens (including phenoxy) is 1. The van der Waals surface area contributed by atoms with Crippen LogP contribution in [0, 0.1) is 17.1 Å². The Morgan fingerprint density at radius 2 is 2.29 bits per heavy atom. The number of halogens is 1. The van der Waals surface area contributed by atoms with Crippen molar-refractivity contribution in [1.82, 2.24) is 4.90 Å². The van der Waals surface area contributed by atoms with Crippen LogP contribution in [0.25, 0.3) is 0 Å². The van der Waals surface area contributed by atoms with E-state index >= 15 is 0 Å². The summed E-state index contributed by atoms with van der Waals surface area (Å²) in [6.07, 6.45) is 0.207. The molecule has 0 heterocycles. The van der Waals surface area contributed by atoms with Crippen LogP contribution in [0.5, 0.6) is 5.75 Å². The SMILES string of the molecule is COc1cccc(F)c1C(=O)N(C)CCC#N. The van der Waals surface area contributed by atoms with E-state index in [1.807, 2.05) is 6.07 Å². The van der Waals surface area contributed by atoms with Crippen LogP contribution < -0.4 is 4.74 Å². The largest absolute Gasteiger partial charge is 0.496 e. The van der Waals surface area contributed by atoms with Crippen molar-refractivity contribution < 1.29 is 13.9 Å². The van der Waals surface area contributed by atoms with E-state index in [-0.39, 0.29) is 24.3 Å². The summed E-state index contributed by atoms with van der Waals surface area (Å²) in [5.41, 5.74) is -0.101. The Bertz CT molecular complexity index is 454. The number of carbonyl (C=O) groups excluding carboxylic acids is 1. The zero-order valence-corrected chi connectivity index (χ0v) is 9.74. The number of rotatable bonds is 4. The number of hydrogen-bond acceptors (Lipinski definition) is 3. The summed E-state index contributed by atoms with van der Waals surface area (Å²) < 4.78 is 18.5. The molecule has 5 heteroatoms. The van der Waals surface area contributed by atoms with E-state index < -0.39 is 11.7 Å². The van der Waals surface area contributed by atoms with Gasteiger partial charge in [0, 0.05) is 13.6 Å².